The first kappa shape index (κ1) is 21.4. The number of rotatable bonds is 3. The molecule has 0 unspecified atom stereocenters. The van der Waals surface area contributed by atoms with E-state index in [0.717, 1.165) is 10.1 Å². The van der Waals surface area contributed by atoms with Crippen LogP contribution >= 0.6 is 11.6 Å². The first-order chi connectivity index (χ1) is 15.8. The number of hydrogen-bond acceptors (Lipinski definition) is 5. The number of ether oxygens (including phenoxy) is 2. The summed E-state index contributed by atoms with van der Waals surface area (Å²) in [5.41, 5.74) is 2.22. The van der Waals surface area contributed by atoms with Gasteiger partial charge in [0.25, 0.3) is 5.56 Å². The third-order valence-electron chi connectivity index (χ3n) is 6.19. The van der Waals surface area contributed by atoms with Gasteiger partial charge >= 0.3 is 5.69 Å². The van der Waals surface area contributed by atoms with Crippen molar-refractivity contribution < 1.29 is 14.6 Å². The monoisotopic (exact) mass is 467 g/mol. The molecular weight excluding hydrogens is 446 g/mol. The molecule has 0 aliphatic carbocycles. The van der Waals surface area contributed by atoms with Crippen molar-refractivity contribution in [1.82, 2.24) is 13.7 Å². The van der Waals surface area contributed by atoms with E-state index in [1.165, 1.54) is 17.7 Å². The third kappa shape index (κ3) is 3.17. The predicted octanol–water partition coefficient (Wildman–Crippen LogP) is 3.19. The van der Waals surface area contributed by atoms with Crippen molar-refractivity contribution in [2.24, 2.45) is 14.1 Å². The Morgan fingerprint density at radius 1 is 1.09 bits per heavy atom. The van der Waals surface area contributed by atoms with Gasteiger partial charge < -0.3 is 19.1 Å². The van der Waals surface area contributed by atoms with Gasteiger partial charge in [-0.15, -0.1) is 0 Å². The summed E-state index contributed by atoms with van der Waals surface area (Å²) < 4.78 is 16.0. The number of fused-ring (bicyclic) bond motifs is 3. The Kier molecular flexibility index (Phi) is 5.07. The van der Waals surface area contributed by atoms with Crippen molar-refractivity contribution in [1.29, 1.82) is 0 Å². The lowest BCUT2D eigenvalue weighted by atomic mass is 10.0. The summed E-state index contributed by atoms with van der Waals surface area (Å²) in [5, 5.41) is 11.5. The van der Waals surface area contributed by atoms with E-state index in [1.54, 1.807) is 26.3 Å². The van der Waals surface area contributed by atoms with E-state index in [0.29, 0.717) is 51.8 Å². The number of hydrogen-bond donors (Lipinski definition) is 1. The molecule has 0 saturated carbocycles. The Morgan fingerprint density at radius 2 is 1.82 bits per heavy atom. The summed E-state index contributed by atoms with van der Waals surface area (Å²) >= 11 is 6.22. The zero-order valence-electron chi connectivity index (χ0n) is 18.3. The minimum atomic E-state index is -0.718. The largest absolute Gasteiger partial charge is 0.508 e. The number of phenolic OH excluding ortho intramolecular Hbond substituents is 1. The van der Waals surface area contributed by atoms with Crippen LogP contribution in [0.3, 0.4) is 0 Å². The molecule has 1 aliphatic heterocycles. The number of aryl methyl sites for hydroxylation is 1. The first-order valence-electron chi connectivity index (χ1n) is 10.4. The lowest BCUT2D eigenvalue weighted by molar-refractivity contribution is 0.0464. The molecule has 1 atom stereocenters. The Balaban J connectivity index is 1.93. The molecule has 1 N–H and O–H groups in total. The van der Waals surface area contributed by atoms with Gasteiger partial charge in [-0.3, -0.25) is 13.9 Å². The molecule has 33 heavy (non-hydrogen) atoms. The molecule has 5 rings (SSSR count). The molecule has 0 amide bonds. The van der Waals surface area contributed by atoms with E-state index in [-0.39, 0.29) is 5.75 Å². The summed E-state index contributed by atoms with van der Waals surface area (Å²) in [4.78, 5) is 26.3. The molecule has 0 spiro atoms. The summed E-state index contributed by atoms with van der Waals surface area (Å²) in [6.07, 6.45) is -0.718. The van der Waals surface area contributed by atoms with Gasteiger partial charge in [0.05, 0.1) is 36.0 Å². The van der Waals surface area contributed by atoms with E-state index in [1.807, 2.05) is 28.8 Å². The normalized spacial score (nSPS) is 15.6. The quantitative estimate of drug-likeness (QED) is 0.500. The highest BCUT2D eigenvalue weighted by molar-refractivity contribution is 6.30. The molecule has 2 aromatic carbocycles. The van der Waals surface area contributed by atoms with E-state index in [9.17, 15) is 14.7 Å². The Labute approximate surface area is 193 Å². The summed E-state index contributed by atoms with van der Waals surface area (Å²) in [7, 11) is 4.69. The Bertz CT molecular complexity index is 1510. The molecule has 2 aromatic heterocycles. The van der Waals surface area contributed by atoms with Gasteiger partial charge in [0.2, 0.25) is 0 Å². The fraction of sp³-hybridized carbons (Fsp3) is 0.250. The summed E-state index contributed by atoms with van der Waals surface area (Å²) in [6, 6.07) is 12.2. The zero-order chi connectivity index (χ0) is 23.4. The van der Waals surface area contributed by atoms with Crippen LogP contribution in [0.4, 0.5) is 0 Å². The SMILES string of the molecule is COc1ccc(-c2c3c(=O)n(C)c(=O)n(C)c3c3n2CCO[C@H]3c2cc(Cl)ccc2O)cc1. The molecule has 9 heteroatoms. The van der Waals surface area contributed by atoms with Crippen LogP contribution in [0.2, 0.25) is 5.02 Å². The van der Waals surface area contributed by atoms with E-state index in [2.05, 4.69) is 0 Å². The molecule has 1 aliphatic rings. The van der Waals surface area contributed by atoms with Crippen LogP contribution in [0.15, 0.2) is 52.1 Å². The predicted molar refractivity (Wildman–Crippen MR) is 125 cm³/mol. The standard InChI is InChI=1S/C24H22ClN3O5/c1-26-20-18(23(30)27(2)24(26)31)19(13-4-7-15(32-3)8-5-13)28-10-11-33-22(21(20)28)16-12-14(25)6-9-17(16)29/h4-9,12,22,29H,10-11H2,1-3H3/t22-/m0/s1. The molecular formula is C24H22ClN3O5. The second kappa shape index (κ2) is 7.83. The van der Waals surface area contributed by atoms with Crippen LogP contribution in [-0.4, -0.2) is 32.5 Å². The topological polar surface area (TPSA) is 87.6 Å². The molecule has 3 heterocycles. The Morgan fingerprint density at radius 3 is 2.52 bits per heavy atom. The molecule has 8 nitrogen and oxygen atoms in total. The number of aromatic nitrogens is 3. The fourth-order valence-corrected chi connectivity index (χ4v) is 4.78. The van der Waals surface area contributed by atoms with Gasteiger partial charge in [-0.25, -0.2) is 4.79 Å². The third-order valence-corrected chi connectivity index (χ3v) is 6.42. The van der Waals surface area contributed by atoms with Gasteiger partial charge in [-0.1, -0.05) is 11.6 Å². The van der Waals surface area contributed by atoms with Crippen LogP contribution in [0.1, 0.15) is 17.4 Å². The highest BCUT2D eigenvalue weighted by Crippen LogP contribution is 2.43. The van der Waals surface area contributed by atoms with Crippen molar-refractivity contribution in [3.63, 3.8) is 0 Å². The summed E-state index contributed by atoms with van der Waals surface area (Å²) in [5.74, 6) is 0.714. The lowest BCUT2D eigenvalue weighted by Crippen LogP contribution is -2.37. The molecule has 0 bridgehead atoms. The van der Waals surface area contributed by atoms with Crippen LogP contribution in [0.5, 0.6) is 11.5 Å². The van der Waals surface area contributed by atoms with E-state index >= 15 is 0 Å². The molecule has 4 aromatic rings. The van der Waals surface area contributed by atoms with Crippen LogP contribution in [0, 0.1) is 0 Å². The van der Waals surface area contributed by atoms with Crippen LogP contribution in [-0.2, 0) is 25.4 Å². The van der Waals surface area contributed by atoms with Crippen molar-refractivity contribution in [2.45, 2.75) is 12.6 Å². The molecule has 0 saturated heterocycles. The second-order valence-electron chi connectivity index (χ2n) is 8.00. The van der Waals surface area contributed by atoms with Crippen molar-refractivity contribution >= 4 is 22.5 Å². The van der Waals surface area contributed by atoms with Crippen molar-refractivity contribution in [3.05, 3.63) is 79.6 Å². The minimum absolute atomic E-state index is 0.0204. The molecule has 170 valence electrons. The fourth-order valence-electron chi connectivity index (χ4n) is 4.60. The molecule has 0 radical (unpaired) electrons. The highest BCUT2D eigenvalue weighted by atomic mass is 35.5. The summed E-state index contributed by atoms with van der Waals surface area (Å²) in [6.45, 7) is 0.822. The number of halogens is 1. The lowest BCUT2D eigenvalue weighted by Gasteiger charge is -2.28. The van der Waals surface area contributed by atoms with Gasteiger partial charge in [0.15, 0.2) is 0 Å². The van der Waals surface area contributed by atoms with Crippen molar-refractivity contribution in [3.8, 4) is 22.8 Å². The molecule has 0 fully saturated rings. The van der Waals surface area contributed by atoms with Crippen molar-refractivity contribution in [2.75, 3.05) is 13.7 Å². The Hall–Kier alpha value is -3.49. The van der Waals surface area contributed by atoms with E-state index in [4.69, 9.17) is 21.1 Å². The highest BCUT2D eigenvalue weighted by Gasteiger charge is 2.34. The second-order valence-corrected chi connectivity index (χ2v) is 8.43. The smallest absolute Gasteiger partial charge is 0.331 e. The van der Waals surface area contributed by atoms with Gasteiger partial charge in [0, 0.05) is 31.2 Å². The van der Waals surface area contributed by atoms with Gasteiger partial charge in [-0.2, -0.15) is 0 Å². The number of benzene rings is 2. The maximum atomic E-state index is 13.4. The average Bonchev–Trinajstić information content (AvgIpc) is 3.18. The number of methoxy groups -OCH3 is 1. The zero-order valence-corrected chi connectivity index (χ0v) is 19.1. The maximum absolute atomic E-state index is 13.4. The minimum Gasteiger partial charge on any atom is -0.508 e. The number of aromatic hydroxyl groups is 1. The van der Waals surface area contributed by atoms with Crippen LogP contribution in [0.25, 0.3) is 22.2 Å². The van der Waals surface area contributed by atoms with Crippen LogP contribution < -0.4 is 16.0 Å². The first-order valence-corrected chi connectivity index (χ1v) is 10.8. The number of phenols is 1. The van der Waals surface area contributed by atoms with Gasteiger partial charge in [0.1, 0.15) is 17.6 Å². The average molecular weight is 468 g/mol. The number of nitrogens with zero attached hydrogens (tertiary/aromatic N) is 3. The van der Waals surface area contributed by atoms with Gasteiger partial charge in [-0.05, 0) is 48.0 Å². The maximum Gasteiger partial charge on any atom is 0.331 e. The van der Waals surface area contributed by atoms with E-state index < -0.39 is 17.4 Å².